The zero-order chi connectivity index (χ0) is 32.9. The first-order chi connectivity index (χ1) is 20.2. The van der Waals surface area contributed by atoms with Gasteiger partial charge in [-0.1, -0.05) is 0 Å². The number of rotatable bonds is 5. The summed E-state index contributed by atoms with van der Waals surface area (Å²) in [4.78, 5) is 0. The molecule has 0 nitrogen and oxygen atoms in total. The molecule has 0 saturated carbocycles. The van der Waals surface area contributed by atoms with Crippen LogP contribution in [-0.4, -0.2) is 20.6 Å². The Hall–Kier alpha value is -2.26. The van der Waals surface area contributed by atoms with Gasteiger partial charge in [0.2, 0.25) is 0 Å². The summed E-state index contributed by atoms with van der Waals surface area (Å²) in [6.07, 6.45) is 0. The number of hydrogen-bond donors (Lipinski definition) is 0. The molecule has 0 saturated heterocycles. The van der Waals surface area contributed by atoms with Crippen molar-refractivity contribution in [2.75, 3.05) is 0 Å². The molecule has 0 spiro atoms. The Labute approximate surface area is 271 Å². The predicted octanol–water partition coefficient (Wildman–Crippen LogP) is 10.6. The Morgan fingerprint density at radius 1 is 0.341 bits per heavy atom. The van der Waals surface area contributed by atoms with Gasteiger partial charge in [-0.05, 0) is 0 Å². The van der Waals surface area contributed by atoms with E-state index in [1.165, 1.54) is 32.9 Å². The van der Waals surface area contributed by atoms with E-state index in [2.05, 4.69) is 194 Å². The van der Waals surface area contributed by atoms with E-state index in [1.54, 1.807) is 10.6 Å². The van der Waals surface area contributed by atoms with Crippen molar-refractivity contribution in [3.63, 3.8) is 0 Å². The van der Waals surface area contributed by atoms with E-state index in [9.17, 15) is 0 Å². The van der Waals surface area contributed by atoms with E-state index in [-0.39, 0.29) is 20.6 Å². The first kappa shape index (κ1) is 34.6. The molecular weight excluding hydrogens is 566 g/mol. The summed E-state index contributed by atoms with van der Waals surface area (Å²) in [6.45, 7) is 34.8. The Morgan fingerprint density at radius 2 is 0.614 bits per heavy atom. The molecule has 4 rings (SSSR count). The molecule has 0 bridgehead atoms. The SMILES string of the molecule is Cc1cccc([PH](c2ccccc2)(C(C)(C)C)C(C)(C)C)c1-c1c(C)cccc1[PH](c1ccccc1)(C(C)(C)C)C(C)(C)C. The van der Waals surface area contributed by atoms with Gasteiger partial charge in [-0.15, -0.1) is 0 Å². The molecule has 44 heavy (non-hydrogen) atoms. The van der Waals surface area contributed by atoms with Gasteiger partial charge in [0.1, 0.15) is 0 Å². The van der Waals surface area contributed by atoms with Crippen LogP contribution in [0.5, 0.6) is 0 Å². The normalized spacial score (nSPS) is 14.4. The van der Waals surface area contributed by atoms with Gasteiger partial charge in [0.05, 0.1) is 0 Å². The molecule has 0 fully saturated rings. The summed E-state index contributed by atoms with van der Waals surface area (Å²) in [5.41, 5.74) is 5.75. The molecule has 0 atom stereocenters. The predicted molar refractivity (Wildman–Crippen MR) is 208 cm³/mol. The van der Waals surface area contributed by atoms with Crippen LogP contribution in [0.2, 0.25) is 0 Å². The second-order valence-corrected chi connectivity index (χ2v) is 28.5. The minimum absolute atomic E-state index is 0.0694. The maximum atomic E-state index is 2.52. The number of aryl methyl sites for hydroxylation is 2. The molecule has 0 N–H and O–H groups in total. The van der Waals surface area contributed by atoms with Crippen molar-refractivity contribution in [1.29, 1.82) is 0 Å². The zero-order valence-corrected chi connectivity index (χ0v) is 32.2. The molecule has 4 aromatic carbocycles. The Bertz CT molecular complexity index is 1430. The minimum atomic E-state index is -2.47. The van der Waals surface area contributed by atoms with Crippen LogP contribution in [0.15, 0.2) is 97.1 Å². The summed E-state index contributed by atoms with van der Waals surface area (Å²) >= 11 is 0. The van der Waals surface area contributed by atoms with Gasteiger partial charge in [-0.25, -0.2) is 0 Å². The monoisotopic (exact) mass is 626 g/mol. The van der Waals surface area contributed by atoms with Gasteiger partial charge < -0.3 is 0 Å². The summed E-state index contributed by atoms with van der Waals surface area (Å²) in [6, 6.07) is 37.6. The molecule has 0 aromatic heterocycles. The molecule has 0 radical (unpaired) electrons. The first-order valence-corrected chi connectivity index (χ1v) is 20.6. The van der Waals surface area contributed by atoms with Crippen molar-refractivity contribution >= 4 is 35.7 Å². The summed E-state index contributed by atoms with van der Waals surface area (Å²) < 4.78 is 0. The summed E-state index contributed by atoms with van der Waals surface area (Å²) in [5.74, 6) is 0. The second-order valence-electron chi connectivity index (χ2n) is 17.2. The molecule has 2 heteroatoms. The van der Waals surface area contributed by atoms with Crippen molar-refractivity contribution in [3.8, 4) is 11.1 Å². The van der Waals surface area contributed by atoms with Gasteiger partial charge >= 0.3 is 273 Å². The molecule has 0 unspecified atom stereocenters. The molecule has 4 aromatic rings. The molecule has 0 amide bonds. The van der Waals surface area contributed by atoms with Gasteiger partial charge in [0.25, 0.3) is 0 Å². The fraction of sp³-hybridized carbons (Fsp3) is 0.429. The topological polar surface area (TPSA) is 0 Å². The van der Waals surface area contributed by atoms with Crippen molar-refractivity contribution in [1.82, 2.24) is 0 Å². The van der Waals surface area contributed by atoms with E-state index in [0.717, 1.165) is 0 Å². The van der Waals surface area contributed by atoms with Gasteiger partial charge in [-0.3, -0.25) is 0 Å². The van der Waals surface area contributed by atoms with Gasteiger partial charge in [0.15, 0.2) is 0 Å². The zero-order valence-electron chi connectivity index (χ0n) is 30.2. The first-order valence-electron chi connectivity index (χ1n) is 16.6. The van der Waals surface area contributed by atoms with E-state index in [1.807, 2.05) is 0 Å². The van der Waals surface area contributed by atoms with Gasteiger partial charge in [0, 0.05) is 0 Å². The summed E-state index contributed by atoms with van der Waals surface area (Å²) in [7, 11) is -4.94. The van der Waals surface area contributed by atoms with Crippen molar-refractivity contribution in [3.05, 3.63) is 108 Å². The van der Waals surface area contributed by atoms with Crippen LogP contribution in [0.25, 0.3) is 11.1 Å². The van der Waals surface area contributed by atoms with Crippen LogP contribution in [-0.2, 0) is 0 Å². The van der Waals surface area contributed by atoms with Crippen LogP contribution in [0.1, 0.15) is 94.2 Å². The molecule has 0 aliphatic heterocycles. The van der Waals surface area contributed by atoms with Crippen molar-refractivity contribution < 1.29 is 0 Å². The van der Waals surface area contributed by atoms with E-state index >= 15 is 0 Å². The second kappa shape index (κ2) is 11.8. The standard InChI is InChI=1S/C42H60P2/c1-31-23-21-29-35(43(39(3,4)5,40(6,7)8)33-25-17-15-18-26-33)37(31)38-32(2)24-22-30-36(38)44(41(9,10)11,42(12,13)14)34-27-19-16-20-28-34/h15-30,43-44H,1-14H3. The van der Waals surface area contributed by atoms with Crippen LogP contribution in [0, 0.1) is 13.8 Å². The van der Waals surface area contributed by atoms with Gasteiger partial charge in [-0.2, -0.15) is 0 Å². The average Bonchev–Trinajstić information content (AvgIpc) is 2.88. The molecular formula is C42H60P2. The average molecular weight is 627 g/mol. The van der Waals surface area contributed by atoms with Crippen LogP contribution < -0.4 is 21.2 Å². The molecule has 238 valence electrons. The van der Waals surface area contributed by atoms with Crippen LogP contribution in [0.3, 0.4) is 0 Å². The quantitative estimate of drug-likeness (QED) is 0.193. The van der Waals surface area contributed by atoms with Crippen LogP contribution in [0.4, 0.5) is 0 Å². The van der Waals surface area contributed by atoms with Crippen molar-refractivity contribution in [2.45, 2.75) is 118 Å². The van der Waals surface area contributed by atoms with E-state index < -0.39 is 14.5 Å². The third-order valence-electron chi connectivity index (χ3n) is 10.5. The number of hydrogen-bond acceptors (Lipinski definition) is 0. The fourth-order valence-electron chi connectivity index (χ4n) is 9.91. The Morgan fingerprint density at radius 3 is 0.864 bits per heavy atom. The number of benzene rings is 4. The molecule has 0 heterocycles. The third kappa shape index (κ3) is 5.33. The summed E-state index contributed by atoms with van der Waals surface area (Å²) in [5, 5.41) is 6.50. The van der Waals surface area contributed by atoms with E-state index in [4.69, 9.17) is 0 Å². The Balaban J connectivity index is 2.33. The third-order valence-corrected chi connectivity index (χ3v) is 24.4. The maximum absolute atomic E-state index is 2.52. The van der Waals surface area contributed by atoms with Crippen LogP contribution >= 0.6 is 14.5 Å². The molecule has 0 aliphatic carbocycles. The molecule has 0 aliphatic rings. The van der Waals surface area contributed by atoms with E-state index in [0.29, 0.717) is 0 Å². The van der Waals surface area contributed by atoms with Crippen molar-refractivity contribution in [2.24, 2.45) is 0 Å². The fourth-order valence-corrected chi connectivity index (χ4v) is 25.2. The Kier molecular flexibility index (Phi) is 9.31.